The van der Waals surface area contributed by atoms with E-state index in [0.29, 0.717) is 55.1 Å². The summed E-state index contributed by atoms with van der Waals surface area (Å²) in [5.41, 5.74) is 0.876. The highest BCUT2D eigenvalue weighted by Gasteiger charge is 2.43. The number of thiazole rings is 1. The summed E-state index contributed by atoms with van der Waals surface area (Å²) in [7, 11) is 0. The summed E-state index contributed by atoms with van der Waals surface area (Å²) < 4.78 is 6.41. The number of benzene rings is 1. The van der Waals surface area contributed by atoms with Gasteiger partial charge in [-0.05, 0) is 30.4 Å². The van der Waals surface area contributed by atoms with Gasteiger partial charge in [0.05, 0.1) is 35.6 Å². The third kappa shape index (κ3) is 4.23. The Morgan fingerprint density at radius 2 is 1.94 bits per heavy atom. The van der Waals surface area contributed by atoms with Crippen LogP contribution in [0.5, 0.6) is 0 Å². The molecule has 2 aromatic heterocycles. The molecule has 0 bridgehead atoms. The fourth-order valence-electron chi connectivity index (χ4n) is 4.72. The number of aromatic nitrogens is 3. The van der Waals surface area contributed by atoms with Crippen molar-refractivity contribution in [1.29, 1.82) is 0 Å². The lowest BCUT2D eigenvalue weighted by atomic mass is 9.92. The molecule has 4 atom stereocenters. The van der Waals surface area contributed by atoms with E-state index in [1.807, 2.05) is 43.0 Å². The summed E-state index contributed by atoms with van der Waals surface area (Å²) in [4.78, 5) is 27.7. The molecular formula is C23H29N5O4S. The molecule has 176 valence electrons. The predicted octanol–water partition coefficient (Wildman–Crippen LogP) is 2.06. The van der Waals surface area contributed by atoms with Gasteiger partial charge < -0.3 is 25.2 Å². The number of rotatable bonds is 5. The van der Waals surface area contributed by atoms with Crippen LogP contribution in [0, 0.1) is 11.8 Å². The quantitative estimate of drug-likeness (QED) is 0.446. The summed E-state index contributed by atoms with van der Waals surface area (Å²) in [6, 6.07) is 7.31. The second kappa shape index (κ2) is 9.02. The van der Waals surface area contributed by atoms with Crippen molar-refractivity contribution in [3.05, 3.63) is 34.6 Å². The van der Waals surface area contributed by atoms with Crippen LogP contribution in [0.2, 0.25) is 0 Å². The minimum atomic E-state index is -0.950. The molecule has 0 spiro atoms. The van der Waals surface area contributed by atoms with Crippen LogP contribution in [-0.2, 0) is 4.74 Å². The first-order chi connectivity index (χ1) is 15.9. The number of anilines is 2. The average Bonchev–Trinajstić information content (AvgIpc) is 3.35. The lowest BCUT2D eigenvalue weighted by Crippen LogP contribution is -2.39. The van der Waals surface area contributed by atoms with E-state index in [-0.39, 0.29) is 17.4 Å². The van der Waals surface area contributed by atoms with E-state index in [2.05, 4.69) is 15.3 Å². The molecule has 5 rings (SSSR count). The molecule has 33 heavy (non-hydrogen) atoms. The Bertz CT molecular complexity index is 1160. The topological polar surface area (TPSA) is 124 Å². The van der Waals surface area contributed by atoms with Crippen LogP contribution in [0.1, 0.15) is 20.3 Å². The van der Waals surface area contributed by atoms with Crippen molar-refractivity contribution in [3.63, 3.8) is 0 Å². The maximum absolute atomic E-state index is 13.3. The Hall–Kier alpha value is -2.53. The Balaban J connectivity index is 1.57. The number of hydrogen-bond donors (Lipinski definition) is 4. The van der Waals surface area contributed by atoms with Crippen molar-refractivity contribution in [2.75, 3.05) is 36.5 Å². The van der Waals surface area contributed by atoms with E-state index in [0.717, 1.165) is 10.2 Å². The van der Waals surface area contributed by atoms with Crippen LogP contribution in [0.3, 0.4) is 0 Å². The van der Waals surface area contributed by atoms with E-state index in [1.54, 1.807) is 0 Å². The SMILES string of the molecule is CC(C)[C@H]1C[C@@H](Nc2nc(N3CCOCC3)[nH]c(=O)c2-c2nc3ccccc3s2)[C@H](O)[C@@H]1O. The summed E-state index contributed by atoms with van der Waals surface area (Å²) >= 11 is 1.43. The molecule has 1 aromatic carbocycles. The van der Waals surface area contributed by atoms with Crippen molar-refractivity contribution < 1.29 is 14.9 Å². The number of fused-ring (bicyclic) bond motifs is 1. The molecule has 1 saturated heterocycles. The summed E-state index contributed by atoms with van der Waals surface area (Å²) in [6.07, 6.45) is -1.19. The maximum atomic E-state index is 13.3. The fraction of sp³-hybridized carbons (Fsp3) is 0.522. The molecule has 4 N–H and O–H groups in total. The van der Waals surface area contributed by atoms with E-state index < -0.39 is 18.2 Å². The zero-order valence-corrected chi connectivity index (χ0v) is 19.5. The molecule has 1 aliphatic carbocycles. The number of para-hydroxylation sites is 1. The van der Waals surface area contributed by atoms with E-state index in [4.69, 9.17) is 9.72 Å². The highest BCUT2D eigenvalue weighted by molar-refractivity contribution is 7.21. The number of morpholine rings is 1. The molecule has 10 heteroatoms. The smallest absolute Gasteiger partial charge is 0.264 e. The number of aliphatic hydroxyl groups excluding tert-OH is 2. The molecule has 0 radical (unpaired) electrons. The predicted molar refractivity (Wildman–Crippen MR) is 129 cm³/mol. The number of ether oxygens (including phenoxy) is 1. The third-order valence-electron chi connectivity index (χ3n) is 6.63. The average molecular weight is 472 g/mol. The van der Waals surface area contributed by atoms with Gasteiger partial charge in [-0.2, -0.15) is 4.98 Å². The van der Waals surface area contributed by atoms with E-state index in [9.17, 15) is 15.0 Å². The van der Waals surface area contributed by atoms with Crippen molar-refractivity contribution >= 4 is 33.3 Å². The largest absolute Gasteiger partial charge is 0.390 e. The van der Waals surface area contributed by atoms with Crippen LogP contribution >= 0.6 is 11.3 Å². The number of aliphatic hydroxyl groups is 2. The van der Waals surface area contributed by atoms with Gasteiger partial charge in [-0.1, -0.05) is 26.0 Å². The first-order valence-electron chi connectivity index (χ1n) is 11.4. The monoisotopic (exact) mass is 471 g/mol. The van der Waals surface area contributed by atoms with Gasteiger partial charge in [0.25, 0.3) is 5.56 Å². The van der Waals surface area contributed by atoms with Crippen LogP contribution in [0.4, 0.5) is 11.8 Å². The number of aromatic amines is 1. The standard InChI is InChI=1S/C23H29N5O4S/c1-12(2)13-11-15(19(30)18(13)29)24-20-17(22-25-14-5-3-4-6-16(14)33-22)21(31)27-23(26-20)28-7-9-32-10-8-28/h3-6,12-13,15,18-19,29-30H,7-11H2,1-2H3,(H2,24,26,27,31)/t13-,15-,18-,19+/m1/s1. The maximum Gasteiger partial charge on any atom is 0.264 e. The Labute approximate surface area is 195 Å². The number of nitrogens with zero attached hydrogens (tertiary/aromatic N) is 3. The first-order valence-corrected chi connectivity index (χ1v) is 12.2. The molecule has 9 nitrogen and oxygen atoms in total. The minimum Gasteiger partial charge on any atom is -0.390 e. The van der Waals surface area contributed by atoms with Crippen molar-refractivity contribution in [2.45, 2.75) is 38.5 Å². The zero-order valence-electron chi connectivity index (χ0n) is 18.7. The van der Waals surface area contributed by atoms with E-state index in [1.165, 1.54) is 11.3 Å². The van der Waals surface area contributed by atoms with Crippen LogP contribution in [-0.4, -0.2) is 69.7 Å². The number of H-pyrrole nitrogens is 1. The molecule has 0 amide bonds. The van der Waals surface area contributed by atoms with Gasteiger partial charge in [-0.3, -0.25) is 9.78 Å². The van der Waals surface area contributed by atoms with Gasteiger partial charge >= 0.3 is 0 Å². The lowest BCUT2D eigenvalue weighted by Gasteiger charge is -2.28. The third-order valence-corrected chi connectivity index (χ3v) is 7.68. The number of nitrogens with one attached hydrogen (secondary N) is 2. The Kier molecular flexibility index (Phi) is 6.09. The molecule has 2 aliphatic rings. The molecule has 0 unspecified atom stereocenters. The van der Waals surface area contributed by atoms with Crippen molar-refractivity contribution in [2.24, 2.45) is 11.8 Å². The van der Waals surface area contributed by atoms with Gasteiger partial charge in [-0.25, -0.2) is 4.98 Å². The minimum absolute atomic E-state index is 0.0379. The zero-order chi connectivity index (χ0) is 23.1. The van der Waals surface area contributed by atoms with Crippen molar-refractivity contribution in [3.8, 4) is 10.6 Å². The lowest BCUT2D eigenvalue weighted by molar-refractivity contribution is 0.00750. The van der Waals surface area contributed by atoms with Gasteiger partial charge in [0, 0.05) is 13.1 Å². The number of hydrogen-bond acceptors (Lipinski definition) is 9. The van der Waals surface area contributed by atoms with Gasteiger partial charge in [0.2, 0.25) is 5.95 Å². The van der Waals surface area contributed by atoms with Crippen LogP contribution in [0.15, 0.2) is 29.1 Å². The molecule has 1 saturated carbocycles. The second-order valence-electron chi connectivity index (χ2n) is 9.07. The molecule has 2 fully saturated rings. The van der Waals surface area contributed by atoms with Crippen LogP contribution in [0.25, 0.3) is 20.8 Å². The molecular weight excluding hydrogens is 442 g/mol. The van der Waals surface area contributed by atoms with Gasteiger partial charge in [-0.15, -0.1) is 11.3 Å². The fourth-order valence-corrected chi connectivity index (χ4v) is 5.73. The normalized spacial score (nSPS) is 25.8. The second-order valence-corrected chi connectivity index (χ2v) is 10.1. The first kappa shape index (κ1) is 22.3. The van der Waals surface area contributed by atoms with Gasteiger partial charge in [0.15, 0.2) is 0 Å². The molecule has 3 aromatic rings. The molecule has 3 heterocycles. The highest BCUT2D eigenvalue weighted by Crippen LogP contribution is 2.37. The van der Waals surface area contributed by atoms with Crippen molar-refractivity contribution in [1.82, 2.24) is 15.0 Å². The molecule has 1 aliphatic heterocycles. The summed E-state index contributed by atoms with van der Waals surface area (Å²) in [5.74, 6) is 1.02. The van der Waals surface area contributed by atoms with Crippen LogP contribution < -0.4 is 15.8 Å². The Morgan fingerprint density at radius 3 is 2.64 bits per heavy atom. The Morgan fingerprint density at radius 1 is 1.18 bits per heavy atom. The van der Waals surface area contributed by atoms with E-state index >= 15 is 0 Å². The summed E-state index contributed by atoms with van der Waals surface area (Å²) in [5, 5.41) is 25.2. The summed E-state index contributed by atoms with van der Waals surface area (Å²) in [6.45, 7) is 6.46. The highest BCUT2D eigenvalue weighted by atomic mass is 32.1. The van der Waals surface area contributed by atoms with Gasteiger partial charge in [0.1, 0.15) is 22.5 Å².